The van der Waals surface area contributed by atoms with E-state index in [1.54, 1.807) is 36.4 Å². The van der Waals surface area contributed by atoms with Gasteiger partial charge < -0.3 is 37.3 Å². The Labute approximate surface area is 274 Å². The van der Waals surface area contributed by atoms with Crippen molar-refractivity contribution in [2.75, 3.05) is 6.54 Å². The van der Waals surface area contributed by atoms with Crippen molar-refractivity contribution in [2.45, 2.75) is 70.7 Å². The second-order valence-corrected chi connectivity index (χ2v) is 11.6. The number of hydrogen-bond donors (Lipinski definition) is 6. The third-order valence-corrected chi connectivity index (χ3v) is 7.89. The molecule has 12 heteroatoms. The lowest BCUT2D eigenvalue weighted by atomic mass is 9.95. The van der Waals surface area contributed by atoms with Crippen molar-refractivity contribution < 1.29 is 29.0 Å². The first-order valence-corrected chi connectivity index (χ1v) is 15.4. The summed E-state index contributed by atoms with van der Waals surface area (Å²) in [5.41, 5.74) is 15.8. The van der Waals surface area contributed by atoms with Crippen molar-refractivity contribution in [3.63, 3.8) is 0 Å². The molecule has 0 aliphatic heterocycles. The molecule has 3 atom stereocenters. The van der Waals surface area contributed by atoms with Gasteiger partial charge in [-0.1, -0.05) is 60.1 Å². The van der Waals surface area contributed by atoms with E-state index in [-0.39, 0.29) is 38.2 Å². The predicted molar refractivity (Wildman–Crippen MR) is 176 cm³/mol. The molecule has 0 fully saturated rings. The number of alkyl carbamates (subject to hydrolysis) is 1. The van der Waals surface area contributed by atoms with Gasteiger partial charge in [0.05, 0.1) is 6.04 Å². The van der Waals surface area contributed by atoms with Gasteiger partial charge in [-0.3, -0.25) is 14.4 Å². The Morgan fingerprint density at radius 3 is 2.15 bits per heavy atom. The number of nitrogens with one attached hydrogen (secondary N) is 3. The largest absolute Gasteiger partial charge is 0.508 e. The number of benzene rings is 3. The number of halogens is 1. The van der Waals surface area contributed by atoms with Gasteiger partial charge in [-0.2, -0.15) is 0 Å². The van der Waals surface area contributed by atoms with Crippen molar-refractivity contribution in [1.82, 2.24) is 16.0 Å². The molecule has 0 aromatic heterocycles. The van der Waals surface area contributed by atoms with Crippen LogP contribution in [0.1, 0.15) is 47.1 Å². The van der Waals surface area contributed by atoms with Crippen molar-refractivity contribution >= 4 is 35.4 Å². The molecule has 0 saturated carbocycles. The van der Waals surface area contributed by atoms with Gasteiger partial charge in [-0.05, 0) is 80.0 Å². The predicted octanol–water partition coefficient (Wildman–Crippen LogP) is 3.33. The van der Waals surface area contributed by atoms with Gasteiger partial charge in [-0.25, -0.2) is 4.79 Å². The summed E-state index contributed by atoms with van der Waals surface area (Å²) in [6.45, 7) is 3.92. The number of ether oxygens (including phenoxy) is 1. The van der Waals surface area contributed by atoms with Crippen LogP contribution in [0.15, 0.2) is 66.7 Å². The number of carbonyl (C=O) groups excluding carboxylic acids is 4. The number of amides is 4. The summed E-state index contributed by atoms with van der Waals surface area (Å²) in [5, 5.41) is 18.4. The molecule has 1 unspecified atom stereocenters. The molecule has 4 amide bonds. The van der Waals surface area contributed by atoms with E-state index in [1.807, 2.05) is 44.2 Å². The average molecular weight is 652 g/mol. The fourth-order valence-corrected chi connectivity index (χ4v) is 5.16. The minimum absolute atomic E-state index is 0.0211. The fraction of sp³-hybridized carbons (Fsp3) is 0.353. The van der Waals surface area contributed by atoms with Crippen LogP contribution in [-0.4, -0.2) is 53.6 Å². The molecule has 3 aromatic carbocycles. The van der Waals surface area contributed by atoms with E-state index < -0.39 is 41.9 Å². The molecular formula is C34H42ClN5O6. The molecule has 8 N–H and O–H groups in total. The summed E-state index contributed by atoms with van der Waals surface area (Å²) in [4.78, 5) is 51.0. The molecule has 3 aromatic rings. The highest BCUT2D eigenvalue weighted by molar-refractivity contribution is 6.31. The maximum absolute atomic E-state index is 13.4. The van der Waals surface area contributed by atoms with Gasteiger partial charge in [-0.15, -0.1) is 0 Å². The Hall–Kier alpha value is -4.61. The van der Waals surface area contributed by atoms with E-state index in [0.29, 0.717) is 23.4 Å². The first-order valence-electron chi connectivity index (χ1n) is 15.1. The minimum atomic E-state index is -1.02. The summed E-state index contributed by atoms with van der Waals surface area (Å²) in [7, 11) is 0. The van der Waals surface area contributed by atoms with Gasteiger partial charge in [0.2, 0.25) is 17.7 Å². The van der Waals surface area contributed by atoms with Crippen LogP contribution in [0.25, 0.3) is 0 Å². The Morgan fingerprint density at radius 2 is 1.50 bits per heavy atom. The molecule has 0 aliphatic carbocycles. The highest BCUT2D eigenvalue weighted by Crippen LogP contribution is 2.22. The van der Waals surface area contributed by atoms with E-state index in [0.717, 1.165) is 22.3 Å². The van der Waals surface area contributed by atoms with Gasteiger partial charge in [0.25, 0.3) is 0 Å². The monoisotopic (exact) mass is 651 g/mol. The highest BCUT2D eigenvalue weighted by Gasteiger charge is 2.28. The van der Waals surface area contributed by atoms with E-state index >= 15 is 0 Å². The highest BCUT2D eigenvalue weighted by atomic mass is 35.5. The van der Waals surface area contributed by atoms with E-state index in [4.69, 9.17) is 27.8 Å². The molecule has 3 rings (SSSR count). The van der Waals surface area contributed by atoms with Crippen LogP contribution in [0.3, 0.4) is 0 Å². The summed E-state index contributed by atoms with van der Waals surface area (Å²) in [6, 6.07) is 16.3. The first-order chi connectivity index (χ1) is 21.9. The number of aromatic hydroxyl groups is 1. The molecule has 0 aliphatic rings. The molecule has 0 radical (unpaired) electrons. The average Bonchev–Trinajstić information content (AvgIpc) is 3.01. The molecule has 0 bridgehead atoms. The number of phenolic OH excluding ortho intramolecular Hbond substituents is 1. The SMILES string of the molecule is Cc1cc(O)cc(C)c1CC(N)C(=O)N[C@@H](CCCCNC(=O)OCc1ccccc1Cl)C(=O)N[C@@H](Cc1ccccc1)C(N)=O. The third kappa shape index (κ3) is 11.4. The van der Waals surface area contributed by atoms with Gasteiger partial charge in [0, 0.05) is 23.6 Å². The van der Waals surface area contributed by atoms with Crippen molar-refractivity contribution in [1.29, 1.82) is 0 Å². The number of phenols is 1. The Balaban J connectivity index is 1.61. The van der Waals surface area contributed by atoms with Crippen LogP contribution in [0.4, 0.5) is 4.79 Å². The standard InChI is InChI=1S/C34H42ClN5O6/c1-21-16-25(41)17-22(2)26(21)19-28(36)32(43)39-29(33(44)40-30(31(37)42)18-23-10-4-3-5-11-23)14-8-9-15-38-34(45)46-20-24-12-6-7-13-27(24)35/h3-7,10-13,16-17,28-30,41H,8-9,14-15,18-20,36H2,1-2H3,(H2,37,42)(H,38,45)(H,39,43)(H,40,44)/t28?,29-,30-/m0/s1. The van der Waals surface area contributed by atoms with Crippen LogP contribution in [0.2, 0.25) is 5.02 Å². The second-order valence-electron chi connectivity index (χ2n) is 11.2. The van der Waals surface area contributed by atoms with E-state index in [2.05, 4.69) is 16.0 Å². The van der Waals surface area contributed by atoms with Crippen molar-refractivity contribution in [3.05, 3.63) is 99.6 Å². The summed E-state index contributed by atoms with van der Waals surface area (Å²) >= 11 is 6.10. The zero-order valence-electron chi connectivity index (χ0n) is 26.1. The normalized spacial score (nSPS) is 12.8. The zero-order valence-corrected chi connectivity index (χ0v) is 26.8. The first kappa shape index (κ1) is 35.9. The van der Waals surface area contributed by atoms with Crippen LogP contribution in [0, 0.1) is 13.8 Å². The molecule has 0 spiro atoms. The number of hydrogen-bond acceptors (Lipinski definition) is 7. The molecule has 11 nitrogen and oxygen atoms in total. The van der Waals surface area contributed by atoms with Crippen LogP contribution >= 0.6 is 11.6 Å². The molecule has 0 saturated heterocycles. The van der Waals surface area contributed by atoms with E-state index in [9.17, 15) is 24.3 Å². The maximum atomic E-state index is 13.4. The van der Waals surface area contributed by atoms with Crippen LogP contribution in [0.5, 0.6) is 5.75 Å². The van der Waals surface area contributed by atoms with Crippen molar-refractivity contribution in [2.24, 2.45) is 11.5 Å². The second kappa shape index (κ2) is 17.8. The number of carbonyl (C=O) groups is 4. The van der Waals surface area contributed by atoms with Crippen LogP contribution in [-0.2, 0) is 38.6 Å². The van der Waals surface area contributed by atoms with E-state index in [1.165, 1.54) is 0 Å². The molecule has 0 heterocycles. The van der Waals surface area contributed by atoms with Gasteiger partial charge in [0.15, 0.2) is 0 Å². The topological polar surface area (TPSA) is 186 Å². The third-order valence-electron chi connectivity index (χ3n) is 7.52. The summed E-state index contributed by atoms with van der Waals surface area (Å²) < 4.78 is 5.21. The number of nitrogens with two attached hydrogens (primary N) is 2. The van der Waals surface area contributed by atoms with Gasteiger partial charge in [0.1, 0.15) is 24.4 Å². The Bertz CT molecular complexity index is 1480. The molecular weight excluding hydrogens is 610 g/mol. The minimum Gasteiger partial charge on any atom is -0.508 e. The lowest BCUT2D eigenvalue weighted by Gasteiger charge is -2.24. The van der Waals surface area contributed by atoms with Crippen LogP contribution < -0.4 is 27.4 Å². The number of aryl methyl sites for hydroxylation is 2. The molecule has 246 valence electrons. The molecule has 46 heavy (non-hydrogen) atoms. The van der Waals surface area contributed by atoms with Gasteiger partial charge >= 0.3 is 6.09 Å². The zero-order chi connectivity index (χ0) is 33.6. The number of primary amides is 1. The van der Waals surface area contributed by atoms with Crippen molar-refractivity contribution in [3.8, 4) is 5.75 Å². The lowest BCUT2D eigenvalue weighted by Crippen LogP contribution is -2.56. The summed E-state index contributed by atoms with van der Waals surface area (Å²) in [5.74, 6) is -1.72. The Morgan fingerprint density at radius 1 is 0.870 bits per heavy atom. The number of rotatable bonds is 16. The quantitative estimate of drug-likeness (QED) is 0.128. The maximum Gasteiger partial charge on any atom is 0.407 e. The number of unbranched alkanes of at least 4 members (excludes halogenated alkanes) is 1. The fourth-order valence-electron chi connectivity index (χ4n) is 4.97. The smallest absolute Gasteiger partial charge is 0.407 e. The lowest BCUT2D eigenvalue weighted by molar-refractivity contribution is -0.131. The summed E-state index contributed by atoms with van der Waals surface area (Å²) in [6.07, 6.45) is 0.877. The Kier molecular flexibility index (Phi) is 13.9.